The second-order valence-electron chi connectivity index (χ2n) is 18.6. The molecule has 0 aromatic heterocycles. The van der Waals surface area contributed by atoms with Crippen LogP contribution in [-0.4, -0.2) is 100 Å². The van der Waals surface area contributed by atoms with Gasteiger partial charge in [-0.05, 0) is 25.7 Å². The number of carbonyl (C=O) groups excluding carboxylic acids is 3. The lowest BCUT2D eigenvalue weighted by atomic mass is 9.96. The summed E-state index contributed by atoms with van der Waals surface area (Å²) in [6.07, 6.45) is 29.4. The van der Waals surface area contributed by atoms with Crippen molar-refractivity contribution >= 4 is 23.8 Å². The van der Waals surface area contributed by atoms with Crippen molar-refractivity contribution in [2.75, 3.05) is 13.2 Å². The first kappa shape index (κ1) is 59.7. The third kappa shape index (κ3) is 30.8. The Kier molecular flexibility index (Phi) is 38.2. The molecule has 0 saturated carbocycles. The highest BCUT2D eigenvalue weighted by molar-refractivity contribution is 5.83. The smallest absolute Gasteiger partial charge is 0.328 e. The number of aliphatic carboxylic acids is 1. The Morgan fingerprint density at radius 2 is 0.984 bits per heavy atom. The normalized spacial score (nSPS) is 19.6. The number of ether oxygens (including phenoxy) is 3. The fourth-order valence-electron chi connectivity index (χ4n) is 8.48. The highest BCUT2D eigenvalue weighted by atomic mass is 16.7. The van der Waals surface area contributed by atoms with E-state index in [0.29, 0.717) is 12.8 Å². The molecule has 1 saturated heterocycles. The van der Waals surface area contributed by atoms with Crippen LogP contribution in [0.5, 0.6) is 0 Å². The van der Waals surface area contributed by atoms with Crippen molar-refractivity contribution in [1.29, 1.82) is 0 Å². The third-order valence-corrected chi connectivity index (χ3v) is 12.6. The summed E-state index contributed by atoms with van der Waals surface area (Å²) in [6, 6.07) is -2.80. The SMILES string of the molecule is CCCCCCCCCCCCCC(=O)N[C@@H](CO[C@@H]1O[C@H](CO)[C@@H](O)[C@H](O)[C@H]1NC(=O)C[C@@H](CCCCCCCCCCC)OC(=O)CCCCCCCCCCCCC)C(=O)O. The highest BCUT2D eigenvalue weighted by Crippen LogP contribution is 2.24. The molecule has 13 heteroatoms. The van der Waals surface area contributed by atoms with Gasteiger partial charge in [-0.25, -0.2) is 4.79 Å². The van der Waals surface area contributed by atoms with Crippen LogP contribution in [0, 0.1) is 0 Å². The van der Waals surface area contributed by atoms with Crippen LogP contribution in [0.2, 0.25) is 0 Å². The summed E-state index contributed by atoms with van der Waals surface area (Å²) in [5.41, 5.74) is 0. The molecule has 0 aliphatic carbocycles. The van der Waals surface area contributed by atoms with E-state index in [1.54, 1.807) is 0 Å². The van der Waals surface area contributed by atoms with Crippen molar-refractivity contribution in [3.63, 3.8) is 0 Å². The summed E-state index contributed by atoms with van der Waals surface area (Å²) in [7, 11) is 0. The molecule has 0 aromatic rings. The molecule has 64 heavy (non-hydrogen) atoms. The van der Waals surface area contributed by atoms with Crippen LogP contribution in [0.1, 0.15) is 245 Å². The molecule has 13 nitrogen and oxygen atoms in total. The summed E-state index contributed by atoms with van der Waals surface area (Å²) in [4.78, 5) is 51.5. The Morgan fingerprint density at radius 3 is 1.42 bits per heavy atom. The largest absolute Gasteiger partial charge is 0.480 e. The van der Waals surface area contributed by atoms with Crippen LogP contribution in [-0.2, 0) is 33.4 Å². The monoisotopic (exact) mass is 913 g/mol. The zero-order valence-corrected chi connectivity index (χ0v) is 40.9. The van der Waals surface area contributed by atoms with Gasteiger partial charge in [-0.2, -0.15) is 0 Å². The molecule has 7 atom stereocenters. The number of rotatable bonds is 44. The molecule has 1 aliphatic rings. The minimum Gasteiger partial charge on any atom is -0.480 e. The highest BCUT2D eigenvalue weighted by Gasteiger charge is 2.46. The molecule has 0 unspecified atom stereocenters. The quantitative estimate of drug-likeness (QED) is 0.0251. The van der Waals surface area contributed by atoms with Crippen LogP contribution < -0.4 is 10.6 Å². The number of hydrogen-bond donors (Lipinski definition) is 6. The first-order valence-electron chi connectivity index (χ1n) is 26.3. The third-order valence-electron chi connectivity index (χ3n) is 12.6. The topological polar surface area (TPSA) is 201 Å². The number of unbranched alkanes of at least 4 members (excludes halogenated alkanes) is 28. The van der Waals surface area contributed by atoms with Gasteiger partial charge in [-0.3, -0.25) is 14.4 Å². The molecule has 6 N–H and O–H groups in total. The number of carboxylic acid groups (broad SMARTS) is 1. The minimum absolute atomic E-state index is 0.168. The van der Waals surface area contributed by atoms with E-state index in [1.807, 2.05) is 0 Å². The minimum atomic E-state index is -1.64. The molecule has 0 aromatic carbocycles. The van der Waals surface area contributed by atoms with Gasteiger partial charge in [0, 0.05) is 12.8 Å². The second kappa shape index (κ2) is 40.9. The first-order valence-corrected chi connectivity index (χ1v) is 26.3. The van der Waals surface area contributed by atoms with Gasteiger partial charge in [0.1, 0.15) is 30.5 Å². The van der Waals surface area contributed by atoms with Crippen LogP contribution >= 0.6 is 0 Å². The number of carboxylic acids is 1. The summed E-state index contributed by atoms with van der Waals surface area (Å²) in [6.45, 7) is 5.41. The number of esters is 1. The van der Waals surface area contributed by atoms with E-state index in [4.69, 9.17) is 14.2 Å². The summed E-state index contributed by atoms with van der Waals surface area (Å²) < 4.78 is 17.4. The lowest BCUT2D eigenvalue weighted by Crippen LogP contribution is -2.65. The molecular formula is C51H96N2O11. The van der Waals surface area contributed by atoms with Crippen molar-refractivity contribution in [2.24, 2.45) is 0 Å². The van der Waals surface area contributed by atoms with Gasteiger partial charge in [0.2, 0.25) is 11.8 Å². The van der Waals surface area contributed by atoms with E-state index >= 15 is 0 Å². The lowest BCUT2D eigenvalue weighted by Gasteiger charge is -2.42. The molecule has 0 bridgehead atoms. The van der Waals surface area contributed by atoms with Crippen molar-refractivity contribution in [3.8, 4) is 0 Å². The molecule has 0 spiro atoms. The predicted molar refractivity (Wildman–Crippen MR) is 254 cm³/mol. The molecular weight excluding hydrogens is 817 g/mol. The van der Waals surface area contributed by atoms with E-state index in [9.17, 15) is 39.6 Å². The molecule has 2 amide bonds. The van der Waals surface area contributed by atoms with E-state index in [-0.39, 0.29) is 25.2 Å². The molecule has 1 heterocycles. The fourth-order valence-corrected chi connectivity index (χ4v) is 8.48. The van der Waals surface area contributed by atoms with E-state index in [1.165, 1.54) is 122 Å². The predicted octanol–water partition coefficient (Wildman–Crippen LogP) is 10.1. The molecule has 376 valence electrons. The number of aliphatic hydroxyl groups is 3. The summed E-state index contributed by atoms with van der Waals surface area (Å²) >= 11 is 0. The fraction of sp³-hybridized carbons (Fsp3) is 0.922. The standard InChI is InChI=1S/C51H96N2O11/c1-4-7-10-13-16-19-21-24-27-30-33-36-44(55)52-42(50(60)61)40-62-51-47(49(59)48(58)43(39-54)64-51)53-45(56)38-41(35-32-29-26-23-18-15-12-9-6-3)63-46(57)37-34-31-28-25-22-20-17-14-11-8-5-2/h41-43,47-49,51,54,58-59H,4-40H2,1-3H3,(H,52,55)(H,53,56)(H,60,61)/t41-,42+,43-,47-,48-,49-,51-/m1/s1. The van der Waals surface area contributed by atoms with Crippen molar-refractivity contribution in [3.05, 3.63) is 0 Å². The Labute approximate surface area is 388 Å². The zero-order chi connectivity index (χ0) is 47.0. The Hall–Kier alpha value is -2.32. The number of hydrogen-bond acceptors (Lipinski definition) is 10. The average molecular weight is 913 g/mol. The number of amides is 2. The van der Waals surface area contributed by atoms with Gasteiger partial charge in [-0.1, -0.05) is 201 Å². The van der Waals surface area contributed by atoms with E-state index in [2.05, 4.69) is 31.4 Å². The first-order chi connectivity index (χ1) is 31.1. The number of nitrogens with one attached hydrogen (secondary N) is 2. The number of carbonyl (C=O) groups is 4. The van der Waals surface area contributed by atoms with Crippen LogP contribution in [0.3, 0.4) is 0 Å². The summed E-state index contributed by atoms with van der Waals surface area (Å²) in [5.74, 6) is -2.69. The molecule has 1 fully saturated rings. The average Bonchev–Trinajstić information content (AvgIpc) is 3.27. The van der Waals surface area contributed by atoms with E-state index < -0.39 is 73.8 Å². The molecule has 0 radical (unpaired) electrons. The maximum absolute atomic E-state index is 13.6. The maximum Gasteiger partial charge on any atom is 0.328 e. The molecule has 1 rings (SSSR count). The van der Waals surface area contributed by atoms with Crippen molar-refractivity contribution < 1.29 is 53.8 Å². The van der Waals surface area contributed by atoms with Crippen LogP contribution in [0.4, 0.5) is 0 Å². The van der Waals surface area contributed by atoms with Crippen molar-refractivity contribution in [1.82, 2.24) is 10.6 Å². The lowest BCUT2D eigenvalue weighted by molar-refractivity contribution is -0.271. The van der Waals surface area contributed by atoms with Crippen LogP contribution in [0.15, 0.2) is 0 Å². The van der Waals surface area contributed by atoms with Gasteiger partial charge in [-0.15, -0.1) is 0 Å². The number of aliphatic hydroxyl groups excluding tert-OH is 3. The Balaban J connectivity index is 2.76. The zero-order valence-electron chi connectivity index (χ0n) is 40.9. The van der Waals surface area contributed by atoms with Gasteiger partial charge in [0.15, 0.2) is 12.3 Å². The van der Waals surface area contributed by atoms with Gasteiger partial charge < -0.3 is 45.3 Å². The van der Waals surface area contributed by atoms with Crippen molar-refractivity contribution in [2.45, 2.75) is 288 Å². The van der Waals surface area contributed by atoms with Gasteiger partial charge >= 0.3 is 11.9 Å². The second-order valence-corrected chi connectivity index (χ2v) is 18.6. The Morgan fingerprint density at radius 1 is 0.562 bits per heavy atom. The molecule has 1 aliphatic heterocycles. The maximum atomic E-state index is 13.6. The van der Waals surface area contributed by atoms with E-state index in [0.717, 1.165) is 70.6 Å². The Bertz CT molecular complexity index is 1160. The summed E-state index contributed by atoms with van der Waals surface area (Å²) in [5, 5.41) is 46.8. The van der Waals surface area contributed by atoms with Crippen LogP contribution in [0.25, 0.3) is 0 Å². The van der Waals surface area contributed by atoms with Gasteiger partial charge in [0.25, 0.3) is 0 Å². The van der Waals surface area contributed by atoms with Gasteiger partial charge in [0.05, 0.1) is 19.6 Å².